The summed E-state index contributed by atoms with van der Waals surface area (Å²) in [6, 6.07) is 0. The summed E-state index contributed by atoms with van der Waals surface area (Å²) in [6.45, 7) is 1.08. The molecular formula is C24H44O12. The van der Waals surface area contributed by atoms with Gasteiger partial charge in [-0.25, -0.2) is 0 Å². The van der Waals surface area contributed by atoms with E-state index in [-0.39, 0.29) is 6.42 Å². The SMILES string of the molecule is CCCCCCCCCCCC(=O)OC[C@H]1O[C@@H](O[C@H]2[C@H](O)[C@@H](O)[C@@H](O)O[C@@H]2CO)[C@H](O)[C@@H](O)[C@H]1O. The molecule has 12 nitrogen and oxygen atoms in total. The fraction of sp³-hybridized carbons (Fsp3) is 0.958. The van der Waals surface area contributed by atoms with E-state index in [1.807, 2.05) is 0 Å². The lowest BCUT2D eigenvalue weighted by Gasteiger charge is -2.45. The van der Waals surface area contributed by atoms with Gasteiger partial charge in [-0.3, -0.25) is 4.79 Å². The number of hydrogen-bond donors (Lipinski definition) is 7. The summed E-state index contributed by atoms with van der Waals surface area (Å²) in [4.78, 5) is 12.1. The molecule has 10 atom stereocenters. The summed E-state index contributed by atoms with van der Waals surface area (Å²) in [7, 11) is 0. The smallest absolute Gasteiger partial charge is 0.305 e. The Hall–Kier alpha value is -0.930. The fourth-order valence-electron chi connectivity index (χ4n) is 4.38. The Balaban J connectivity index is 1.78. The summed E-state index contributed by atoms with van der Waals surface area (Å²) in [5.74, 6) is -0.486. The molecular weight excluding hydrogens is 480 g/mol. The molecule has 0 unspecified atom stereocenters. The molecule has 2 saturated heterocycles. The van der Waals surface area contributed by atoms with E-state index in [9.17, 15) is 40.5 Å². The molecule has 0 radical (unpaired) electrons. The molecule has 2 aliphatic rings. The summed E-state index contributed by atoms with van der Waals surface area (Å²) >= 11 is 0. The molecule has 2 aliphatic heterocycles. The molecule has 0 bridgehead atoms. The minimum atomic E-state index is -1.76. The molecule has 2 fully saturated rings. The van der Waals surface area contributed by atoms with E-state index in [2.05, 4.69) is 6.92 Å². The lowest BCUT2D eigenvalue weighted by Crippen LogP contribution is -2.64. The minimum Gasteiger partial charge on any atom is -0.463 e. The average Bonchev–Trinajstić information content (AvgIpc) is 2.87. The van der Waals surface area contributed by atoms with Crippen molar-refractivity contribution in [1.82, 2.24) is 0 Å². The van der Waals surface area contributed by atoms with Gasteiger partial charge in [0.2, 0.25) is 0 Å². The predicted octanol–water partition coefficient (Wildman–Crippen LogP) is -0.925. The third-order valence-corrected chi connectivity index (χ3v) is 6.69. The largest absolute Gasteiger partial charge is 0.463 e. The highest BCUT2D eigenvalue weighted by molar-refractivity contribution is 5.69. The van der Waals surface area contributed by atoms with Gasteiger partial charge in [0.1, 0.15) is 55.4 Å². The van der Waals surface area contributed by atoms with Crippen LogP contribution in [0.2, 0.25) is 0 Å². The van der Waals surface area contributed by atoms with Crippen molar-refractivity contribution in [2.45, 2.75) is 133 Å². The van der Waals surface area contributed by atoms with Gasteiger partial charge in [0.25, 0.3) is 0 Å². The van der Waals surface area contributed by atoms with Crippen LogP contribution in [0.1, 0.15) is 71.1 Å². The Labute approximate surface area is 211 Å². The van der Waals surface area contributed by atoms with Crippen molar-refractivity contribution >= 4 is 5.97 Å². The second-order valence-electron chi connectivity index (χ2n) is 9.61. The highest BCUT2D eigenvalue weighted by Crippen LogP contribution is 2.28. The van der Waals surface area contributed by atoms with E-state index in [4.69, 9.17) is 18.9 Å². The number of esters is 1. The van der Waals surface area contributed by atoms with Crippen LogP contribution >= 0.6 is 0 Å². The topological polar surface area (TPSA) is 196 Å². The van der Waals surface area contributed by atoms with Gasteiger partial charge in [0.05, 0.1) is 6.61 Å². The van der Waals surface area contributed by atoms with Crippen molar-refractivity contribution in [2.75, 3.05) is 13.2 Å². The molecule has 0 aromatic heterocycles. The van der Waals surface area contributed by atoms with Gasteiger partial charge in [0.15, 0.2) is 12.6 Å². The molecule has 0 aromatic rings. The highest BCUT2D eigenvalue weighted by Gasteiger charge is 2.50. The number of ether oxygens (including phenoxy) is 4. The van der Waals surface area contributed by atoms with Gasteiger partial charge in [-0.2, -0.15) is 0 Å². The Kier molecular flexibility index (Phi) is 14.0. The lowest BCUT2D eigenvalue weighted by atomic mass is 9.97. The van der Waals surface area contributed by atoms with E-state index in [1.54, 1.807) is 0 Å². The molecule has 0 spiro atoms. The standard InChI is InChI=1S/C24H44O12/c1-2-3-4-5-6-7-8-9-10-11-16(26)33-13-15-17(27)18(28)21(31)24(35-15)36-22-14(12-25)34-23(32)20(30)19(22)29/h14-15,17-25,27-32H,2-13H2,1H3/t14-,15-,17+,18+,19-,20-,21-,22-,23+,24+/m1/s1. The van der Waals surface area contributed by atoms with E-state index in [0.29, 0.717) is 6.42 Å². The van der Waals surface area contributed by atoms with Crippen LogP contribution in [0.25, 0.3) is 0 Å². The van der Waals surface area contributed by atoms with Crippen LogP contribution in [0.5, 0.6) is 0 Å². The Bertz CT molecular complexity index is 620. The van der Waals surface area contributed by atoms with Gasteiger partial charge < -0.3 is 54.7 Å². The first-order valence-corrected chi connectivity index (χ1v) is 13.0. The number of carbonyl (C=O) groups excluding carboxylic acids is 1. The normalized spacial score (nSPS) is 37.1. The zero-order valence-electron chi connectivity index (χ0n) is 20.9. The van der Waals surface area contributed by atoms with E-state index in [0.717, 1.165) is 19.3 Å². The van der Waals surface area contributed by atoms with E-state index >= 15 is 0 Å². The van der Waals surface area contributed by atoms with Gasteiger partial charge >= 0.3 is 5.97 Å². The van der Waals surface area contributed by atoms with Crippen LogP contribution in [-0.4, -0.2) is 116 Å². The van der Waals surface area contributed by atoms with Gasteiger partial charge in [-0.05, 0) is 6.42 Å². The molecule has 0 saturated carbocycles. The average molecular weight is 525 g/mol. The molecule has 2 heterocycles. The van der Waals surface area contributed by atoms with E-state index in [1.165, 1.54) is 32.1 Å². The van der Waals surface area contributed by atoms with Gasteiger partial charge in [-0.15, -0.1) is 0 Å². The molecule has 0 amide bonds. The van der Waals surface area contributed by atoms with Gasteiger partial charge in [-0.1, -0.05) is 58.3 Å². The Morgan fingerprint density at radius 3 is 1.94 bits per heavy atom. The van der Waals surface area contributed by atoms with Crippen LogP contribution in [-0.2, 0) is 23.7 Å². The van der Waals surface area contributed by atoms with Gasteiger partial charge in [0, 0.05) is 6.42 Å². The lowest BCUT2D eigenvalue weighted by molar-refractivity contribution is -0.355. The maximum atomic E-state index is 12.1. The van der Waals surface area contributed by atoms with Crippen molar-refractivity contribution in [2.24, 2.45) is 0 Å². The summed E-state index contributed by atoms with van der Waals surface area (Å²) in [5.41, 5.74) is 0. The molecule has 0 aliphatic carbocycles. The van der Waals surface area contributed by atoms with Crippen LogP contribution in [0, 0.1) is 0 Å². The van der Waals surface area contributed by atoms with Crippen LogP contribution < -0.4 is 0 Å². The number of aliphatic hydroxyl groups excluding tert-OH is 7. The first-order chi connectivity index (χ1) is 17.2. The zero-order chi connectivity index (χ0) is 26.7. The Morgan fingerprint density at radius 1 is 0.722 bits per heavy atom. The first-order valence-electron chi connectivity index (χ1n) is 13.0. The van der Waals surface area contributed by atoms with E-state index < -0.39 is 80.6 Å². The highest BCUT2D eigenvalue weighted by atomic mass is 16.7. The predicted molar refractivity (Wildman–Crippen MR) is 124 cm³/mol. The summed E-state index contributed by atoms with van der Waals surface area (Å²) < 4.78 is 21.1. The zero-order valence-corrected chi connectivity index (χ0v) is 20.9. The number of carbonyl (C=O) groups is 1. The first kappa shape index (κ1) is 31.3. The number of unbranched alkanes of at least 4 members (excludes halogenated alkanes) is 8. The van der Waals surface area contributed by atoms with Crippen molar-refractivity contribution in [3.8, 4) is 0 Å². The monoisotopic (exact) mass is 524 g/mol. The molecule has 7 N–H and O–H groups in total. The number of rotatable bonds is 15. The molecule has 0 aromatic carbocycles. The third-order valence-electron chi connectivity index (χ3n) is 6.69. The summed E-state index contributed by atoms with van der Waals surface area (Å²) in [6.07, 6.45) is -5.75. The number of aliphatic hydroxyl groups is 7. The Morgan fingerprint density at radius 2 is 1.33 bits per heavy atom. The van der Waals surface area contributed by atoms with Crippen LogP contribution in [0.4, 0.5) is 0 Å². The molecule has 2 rings (SSSR count). The van der Waals surface area contributed by atoms with Crippen LogP contribution in [0.15, 0.2) is 0 Å². The fourth-order valence-corrected chi connectivity index (χ4v) is 4.38. The van der Waals surface area contributed by atoms with Crippen molar-refractivity contribution in [3.63, 3.8) is 0 Å². The van der Waals surface area contributed by atoms with Crippen molar-refractivity contribution in [3.05, 3.63) is 0 Å². The maximum absolute atomic E-state index is 12.1. The molecule has 12 heteroatoms. The molecule has 212 valence electrons. The minimum absolute atomic E-state index is 0.202. The molecule has 36 heavy (non-hydrogen) atoms. The number of hydrogen-bond acceptors (Lipinski definition) is 12. The third kappa shape index (κ3) is 9.12. The van der Waals surface area contributed by atoms with Crippen LogP contribution in [0.3, 0.4) is 0 Å². The van der Waals surface area contributed by atoms with Crippen molar-refractivity contribution < 1.29 is 59.5 Å². The van der Waals surface area contributed by atoms with Crippen molar-refractivity contribution in [1.29, 1.82) is 0 Å². The summed E-state index contributed by atoms with van der Waals surface area (Å²) in [5, 5.41) is 69.9. The second-order valence-corrected chi connectivity index (χ2v) is 9.61. The quantitative estimate of drug-likeness (QED) is 0.103. The maximum Gasteiger partial charge on any atom is 0.305 e. The second kappa shape index (κ2) is 16.1.